The van der Waals surface area contributed by atoms with Gasteiger partial charge in [0, 0.05) is 24.7 Å². The fraction of sp³-hybridized carbons (Fsp3) is 0.429. The fourth-order valence-corrected chi connectivity index (χ4v) is 2.84. The van der Waals surface area contributed by atoms with E-state index in [0.717, 1.165) is 23.1 Å². The minimum Gasteiger partial charge on any atom is -0.362 e. The first-order valence-corrected chi connectivity index (χ1v) is 7.32. The maximum absolute atomic E-state index is 12.4. The molecule has 2 heterocycles. The van der Waals surface area contributed by atoms with Crippen molar-refractivity contribution in [2.45, 2.75) is 26.7 Å². The van der Waals surface area contributed by atoms with Gasteiger partial charge < -0.3 is 9.88 Å². The van der Waals surface area contributed by atoms with Gasteiger partial charge in [0.25, 0.3) is 5.56 Å². The summed E-state index contributed by atoms with van der Waals surface area (Å²) in [6.45, 7) is 7.02. The Kier molecular flexibility index (Phi) is 4.04. The Morgan fingerprint density at radius 1 is 1.42 bits per heavy atom. The van der Waals surface area contributed by atoms with E-state index >= 15 is 0 Å². The van der Waals surface area contributed by atoms with Crippen LogP contribution in [0.1, 0.15) is 32.4 Å². The molecule has 19 heavy (non-hydrogen) atoms. The van der Waals surface area contributed by atoms with Crippen LogP contribution in [0.4, 0.5) is 5.13 Å². The lowest BCUT2D eigenvalue weighted by Gasteiger charge is -2.12. The quantitative estimate of drug-likeness (QED) is 0.934. The Bertz CT molecular complexity index is 628. The summed E-state index contributed by atoms with van der Waals surface area (Å²) in [5.41, 5.74) is 2.46. The molecule has 0 radical (unpaired) electrons. The van der Waals surface area contributed by atoms with Crippen LogP contribution in [0.2, 0.25) is 0 Å². The highest BCUT2D eigenvalue weighted by atomic mass is 32.1. The van der Waals surface area contributed by atoms with Crippen molar-refractivity contribution in [3.05, 3.63) is 33.6 Å². The third-order valence-corrected chi connectivity index (χ3v) is 3.84. The van der Waals surface area contributed by atoms with E-state index in [1.54, 1.807) is 4.57 Å². The minimum absolute atomic E-state index is 0.0135. The molecule has 1 N–H and O–H groups in total. The summed E-state index contributed by atoms with van der Waals surface area (Å²) in [4.78, 5) is 16.8. The molecule has 102 valence electrons. The van der Waals surface area contributed by atoms with Crippen LogP contribution >= 0.6 is 11.3 Å². The van der Waals surface area contributed by atoms with Crippen molar-refractivity contribution in [3.8, 4) is 11.3 Å². The van der Waals surface area contributed by atoms with Crippen molar-refractivity contribution < 1.29 is 0 Å². The predicted octanol–water partition coefficient (Wildman–Crippen LogP) is 3.06. The molecule has 2 rings (SSSR count). The topological polar surface area (TPSA) is 46.9 Å². The summed E-state index contributed by atoms with van der Waals surface area (Å²) in [5.74, 6) is 0.333. The van der Waals surface area contributed by atoms with E-state index in [1.165, 1.54) is 11.3 Å². The summed E-state index contributed by atoms with van der Waals surface area (Å²) < 4.78 is 1.71. The SMILES string of the molecule is CCNc1nc(-c2ccc(C(C)C)n(C)c2=O)cs1. The van der Waals surface area contributed by atoms with Crippen molar-refractivity contribution in [2.24, 2.45) is 7.05 Å². The average molecular weight is 277 g/mol. The summed E-state index contributed by atoms with van der Waals surface area (Å²) in [6.07, 6.45) is 0. The first-order chi connectivity index (χ1) is 9.04. The van der Waals surface area contributed by atoms with Crippen LogP contribution in [0.15, 0.2) is 22.3 Å². The van der Waals surface area contributed by atoms with Crippen LogP contribution in [0.3, 0.4) is 0 Å². The molecule has 2 aromatic heterocycles. The Balaban J connectivity index is 2.45. The molecule has 0 bridgehead atoms. The number of nitrogens with zero attached hydrogens (tertiary/aromatic N) is 2. The zero-order valence-electron chi connectivity index (χ0n) is 11.7. The zero-order chi connectivity index (χ0) is 14.0. The van der Waals surface area contributed by atoms with E-state index in [0.29, 0.717) is 11.5 Å². The smallest absolute Gasteiger partial charge is 0.259 e. The number of thiazole rings is 1. The number of hydrogen-bond acceptors (Lipinski definition) is 4. The highest BCUT2D eigenvalue weighted by Crippen LogP contribution is 2.23. The first kappa shape index (κ1) is 13.8. The van der Waals surface area contributed by atoms with Gasteiger partial charge in [0.05, 0.1) is 11.3 Å². The first-order valence-electron chi connectivity index (χ1n) is 6.44. The minimum atomic E-state index is 0.0135. The zero-order valence-corrected chi connectivity index (χ0v) is 12.5. The molecule has 0 fully saturated rings. The summed E-state index contributed by atoms with van der Waals surface area (Å²) in [5, 5.41) is 5.93. The van der Waals surface area contributed by atoms with Gasteiger partial charge in [-0.1, -0.05) is 13.8 Å². The van der Waals surface area contributed by atoms with Crippen LogP contribution in [0.25, 0.3) is 11.3 Å². The van der Waals surface area contributed by atoms with E-state index in [1.807, 2.05) is 31.5 Å². The average Bonchev–Trinajstić information content (AvgIpc) is 2.81. The van der Waals surface area contributed by atoms with Gasteiger partial charge in [-0.15, -0.1) is 11.3 Å². The van der Waals surface area contributed by atoms with Crippen LogP contribution < -0.4 is 10.9 Å². The lowest BCUT2D eigenvalue weighted by Crippen LogP contribution is -2.22. The van der Waals surface area contributed by atoms with Crippen LogP contribution in [0, 0.1) is 0 Å². The van der Waals surface area contributed by atoms with E-state index in [4.69, 9.17) is 0 Å². The molecule has 0 aromatic carbocycles. The van der Waals surface area contributed by atoms with Gasteiger partial charge in [-0.05, 0) is 25.0 Å². The second-order valence-electron chi connectivity index (χ2n) is 4.76. The van der Waals surface area contributed by atoms with E-state index in [-0.39, 0.29) is 5.56 Å². The molecular formula is C14H19N3OS. The van der Waals surface area contributed by atoms with Gasteiger partial charge >= 0.3 is 0 Å². The largest absolute Gasteiger partial charge is 0.362 e. The molecule has 0 aliphatic heterocycles. The van der Waals surface area contributed by atoms with Gasteiger partial charge in [-0.3, -0.25) is 4.79 Å². The van der Waals surface area contributed by atoms with Crippen LogP contribution in [0.5, 0.6) is 0 Å². The molecule has 0 amide bonds. The van der Waals surface area contributed by atoms with Crippen LogP contribution in [-0.4, -0.2) is 16.1 Å². The molecule has 0 aliphatic carbocycles. The van der Waals surface area contributed by atoms with E-state index in [2.05, 4.69) is 24.1 Å². The monoisotopic (exact) mass is 277 g/mol. The van der Waals surface area contributed by atoms with Crippen molar-refractivity contribution in [1.82, 2.24) is 9.55 Å². The number of rotatable bonds is 4. The highest BCUT2D eigenvalue weighted by molar-refractivity contribution is 7.14. The second-order valence-corrected chi connectivity index (χ2v) is 5.62. The molecule has 0 saturated heterocycles. The highest BCUT2D eigenvalue weighted by Gasteiger charge is 2.12. The Labute approximate surface area is 117 Å². The lowest BCUT2D eigenvalue weighted by molar-refractivity contribution is 0.708. The normalized spacial score (nSPS) is 11.0. The number of anilines is 1. The molecular weight excluding hydrogens is 258 g/mol. The molecule has 5 heteroatoms. The number of pyridine rings is 1. The summed E-state index contributed by atoms with van der Waals surface area (Å²) >= 11 is 1.52. The number of aromatic nitrogens is 2. The third-order valence-electron chi connectivity index (χ3n) is 3.04. The summed E-state index contributed by atoms with van der Waals surface area (Å²) in [6, 6.07) is 3.89. The second kappa shape index (κ2) is 5.57. The molecule has 2 aromatic rings. The number of nitrogens with one attached hydrogen (secondary N) is 1. The van der Waals surface area contributed by atoms with Crippen LogP contribution in [-0.2, 0) is 7.05 Å². The molecule has 0 aliphatic rings. The van der Waals surface area contributed by atoms with Crippen molar-refractivity contribution in [1.29, 1.82) is 0 Å². The van der Waals surface area contributed by atoms with Crippen molar-refractivity contribution >= 4 is 16.5 Å². The Hall–Kier alpha value is -1.62. The summed E-state index contributed by atoms with van der Waals surface area (Å²) in [7, 11) is 1.82. The van der Waals surface area contributed by atoms with Gasteiger partial charge in [0.2, 0.25) is 0 Å². The molecule has 0 saturated carbocycles. The fourth-order valence-electron chi connectivity index (χ4n) is 2.05. The molecule has 4 nitrogen and oxygen atoms in total. The Morgan fingerprint density at radius 2 is 2.16 bits per heavy atom. The predicted molar refractivity (Wildman–Crippen MR) is 81.0 cm³/mol. The van der Waals surface area contributed by atoms with Gasteiger partial charge in [0.15, 0.2) is 5.13 Å². The van der Waals surface area contributed by atoms with E-state index < -0.39 is 0 Å². The van der Waals surface area contributed by atoms with E-state index in [9.17, 15) is 4.79 Å². The molecule has 0 spiro atoms. The van der Waals surface area contributed by atoms with Gasteiger partial charge in [0.1, 0.15) is 0 Å². The maximum Gasteiger partial charge on any atom is 0.259 e. The van der Waals surface area contributed by atoms with Crippen molar-refractivity contribution in [2.75, 3.05) is 11.9 Å². The molecule has 0 unspecified atom stereocenters. The number of hydrogen-bond donors (Lipinski definition) is 1. The molecule has 0 atom stereocenters. The van der Waals surface area contributed by atoms with Gasteiger partial charge in [-0.25, -0.2) is 4.98 Å². The standard InChI is InChI=1S/C14H19N3OS/c1-5-15-14-16-11(8-19-14)10-6-7-12(9(2)3)17(4)13(10)18/h6-9H,5H2,1-4H3,(H,15,16). The van der Waals surface area contributed by atoms with Crippen molar-refractivity contribution in [3.63, 3.8) is 0 Å². The third kappa shape index (κ3) is 2.71. The lowest BCUT2D eigenvalue weighted by atomic mass is 10.1. The maximum atomic E-state index is 12.4. The van der Waals surface area contributed by atoms with Gasteiger partial charge in [-0.2, -0.15) is 0 Å². The Morgan fingerprint density at radius 3 is 2.79 bits per heavy atom.